The third kappa shape index (κ3) is 8.41. The minimum absolute atomic E-state index is 0.0296. The van der Waals surface area contributed by atoms with Crippen molar-refractivity contribution in [3.05, 3.63) is 103 Å². The number of benzene rings is 3. The molecule has 0 spiro atoms. The minimum Gasteiger partial charge on any atom is -0.353 e. The van der Waals surface area contributed by atoms with Crippen LogP contribution in [0, 0.1) is 0 Å². The Hall–Kier alpha value is -2.25. The van der Waals surface area contributed by atoms with Crippen LogP contribution < -0.4 is 15.9 Å². The summed E-state index contributed by atoms with van der Waals surface area (Å²) in [6.07, 6.45) is 14.0. The van der Waals surface area contributed by atoms with Crippen molar-refractivity contribution in [2.24, 2.45) is 0 Å². The van der Waals surface area contributed by atoms with Crippen LogP contribution >= 0.6 is 7.26 Å². The SMILES string of the molecule is CCOC(CCCCCC=CCCC[P+](c1ccccc1)(c1ccccc1)c1ccccc1)OCC. The van der Waals surface area contributed by atoms with Crippen LogP contribution in [0.4, 0.5) is 0 Å². The Morgan fingerprint density at radius 3 is 1.47 bits per heavy atom. The Bertz CT molecular complexity index is 870. The van der Waals surface area contributed by atoms with Crippen LogP contribution in [0.2, 0.25) is 0 Å². The molecule has 0 aromatic heterocycles. The summed E-state index contributed by atoms with van der Waals surface area (Å²) in [5, 5.41) is 4.43. The van der Waals surface area contributed by atoms with Crippen molar-refractivity contribution in [1.29, 1.82) is 0 Å². The fourth-order valence-corrected chi connectivity index (χ4v) is 9.27. The van der Waals surface area contributed by atoms with Gasteiger partial charge in [-0.25, -0.2) is 0 Å². The van der Waals surface area contributed by atoms with Gasteiger partial charge < -0.3 is 9.47 Å². The van der Waals surface area contributed by atoms with E-state index >= 15 is 0 Å². The molecule has 0 bridgehead atoms. The standard InChI is InChI=1S/C33H44O2P/c1-3-34-33(35-4-2)28-20-9-7-5-6-8-10-21-29-36(30-22-14-11-15-23-30,31-24-16-12-17-25-31)32-26-18-13-19-27-32/h6,8,11-19,22-27,33H,3-5,7,9-10,20-21,28-29H2,1-2H3/q+1. The number of unbranched alkanes of at least 4 members (excludes halogenated alkanes) is 4. The molecule has 3 aromatic rings. The molecular formula is C33H44O2P+. The summed E-state index contributed by atoms with van der Waals surface area (Å²) in [7, 11) is -1.70. The second-order valence-corrected chi connectivity index (χ2v) is 12.7. The van der Waals surface area contributed by atoms with Crippen LogP contribution in [0.1, 0.15) is 58.8 Å². The summed E-state index contributed by atoms with van der Waals surface area (Å²) in [6, 6.07) is 33.6. The maximum Gasteiger partial charge on any atom is 0.157 e. The molecule has 36 heavy (non-hydrogen) atoms. The van der Waals surface area contributed by atoms with Gasteiger partial charge in [-0.3, -0.25) is 0 Å². The molecule has 3 heteroatoms. The monoisotopic (exact) mass is 503 g/mol. The predicted molar refractivity (Wildman–Crippen MR) is 159 cm³/mol. The average molecular weight is 504 g/mol. The van der Waals surface area contributed by atoms with E-state index in [1.807, 2.05) is 13.8 Å². The molecule has 0 amide bonds. The average Bonchev–Trinajstić information content (AvgIpc) is 2.93. The fraction of sp³-hybridized carbons (Fsp3) is 0.394. The molecule has 0 N–H and O–H groups in total. The largest absolute Gasteiger partial charge is 0.353 e. The van der Waals surface area contributed by atoms with E-state index in [9.17, 15) is 0 Å². The van der Waals surface area contributed by atoms with E-state index in [1.165, 1.54) is 41.3 Å². The van der Waals surface area contributed by atoms with Crippen molar-refractivity contribution in [3.8, 4) is 0 Å². The Kier molecular flexibility index (Phi) is 13.0. The molecule has 0 heterocycles. The van der Waals surface area contributed by atoms with Gasteiger partial charge in [-0.15, -0.1) is 0 Å². The van der Waals surface area contributed by atoms with Crippen LogP contribution in [0.5, 0.6) is 0 Å². The summed E-state index contributed by atoms with van der Waals surface area (Å²) in [5.41, 5.74) is 0. The second-order valence-electron chi connectivity index (χ2n) is 9.13. The second kappa shape index (κ2) is 16.5. The van der Waals surface area contributed by atoms with Crippen molar-refractivity contribution < 1.29 is 9.47 Å². The van der Waals surface area contributed by atoms with Gasteiger partial charge in [-0.2, -0.15) is 0 Å². The lowest BCUT2D eigenvalue weighted by Gasteiger charge is -2.27. The number of ether oxygens (including phenoxy) is 2. The summed E-state index contributed by atoms with van der Waals surface area (Å²) >= 11 is 0. The molecule has 0 saturated carbocycles. The lowest BCUT2D eigenvalue weighted by atomic mass is 10.1. The molecule has 0 fully saturated rings. The zero-order valence-corrected chi connectivity index (χ0v) is 23.1. The molecule has 0 unspecified atom stereocenters. The van der Waals surface area contributed by atoms with E-state index in [4.69, 9.17) is 9.47 Å². The van der Waals surface area contributed by atoms with Gasteiger partial charge >= 0.3 is 0 Å². The lowest BCUT2D eigenvalue weighted by Crippen LogP contribution is -2.33. The Labute approximate surface area is 220 Å². The highest BCUT2D eigenvalue weighted by Gasteiger charge is 2.44. The summed E-state index contributed by atoms with van der Waals surface area (Å²) in [4.78, 5) is 0. The van der Waals surface area contributed by atoms with Gasteiger partial charge in [0, 0.05) is 13.2 Å². The van der Waals surface area contributed by atoms with Gasteiger partial charge in [0.25, 0.3) is 0 Å². The lowest BCUT2D eigenvalue weighted by molar-refractivity contribution is -0.140. The highest BCUT2D eigenvalue weighted by molar-refractivity contribution is 7.95. The zero-order valence-electron chi connectivity index (χ0n) is 22.2. The molecule has 0 saturated heterocycles. The molecule has 3 aromatic carbocycles. The number of hydrogen-bond acceptors (Lipinski definition) is 2. The first kappa shape index (κ1) is 28.3. The van der Waals surface area contributed by atoms with Gasteiger partial charge in [-0.1, -0.05) is 73.2 Å². The summed E-state index contributed by atoms with van der Waals surface area (Å²) in [6.45, 7) is 5.50. The normalized spacial score (nSPS) is 12.0. The number of hydrogen-bond donors (Lipinski definition) is 0. The van der Waals surface area contributed by atoms with Crippen molar-refractivity contribution in [1.82, 2.24) is 0 Å². The van der Waals surface area contributed by atoms with Gasteiger partial charge in [0.15, 0.2) is 6.29 Å². The Morgan fingerprint density at radius 2 is 1.03 bits per heavy atom. The zero-order chi connectivity index (χ0) is 25.3. The van der Waals surface area contributed by atoms with E-state index in [-0.39, 0.29) is 6.29 Å². The molecule has 0 atom stereocenters. The van der Waals surface area contributed by atoms with Crippen LogP contribution in [0.15, 0.2) is 103 Å². The van der Waals surface area contributed by atoms with Gasteiger partial charge in [0.1, 0.15) is 23.2 Å². The van der Waals surface area contributed by atoms with Crippen molar-refractivity contribution >= 4 is 23.2 Å². The maximum atomic E-state index is 5.64. The first-order chi connectivity index (χ1) is 17.8. The van der Waals surface area contributed by atoms with Crippen molar-refractivity contribution in [2.45, 2.75) is 65.1 Å². The van der Waals surface area contributed by atoms with Crippen molar-refractivity contribution in [3.63, 3.8) is 0 Å². The highest BCUT2D eigenvalue weighted by atomic mass is 31.2. The Balaban J connectivity index is 1.57. The maximum absolute atomic E-state index is 5.64. The molecule has 3 rings (SSSR count). The van der Waals surface area contributed by atoms with Gasteiger partial charge in [0.05, 0.1) is 6.16 Å². The first-order valence-electron chi connectivity index (χ1n) is 13.7. The van der Waals surface area contributed by atoms with Crippen LogP contribution in [-0.4, -0.2) is 25.7 Å². The minimum atomic E-state index is -1.70. The van der Waals surface area contributed by atoms with Gasteiger partial charge in [-0.05, 0) is 88.8 Å². The number of rotatable bonds is 17. The molecule has 0 aliphatic rings. The molecule has 2 nitrogen and oxygen atoms in total. The summed E-state index contributed by atoms with van der Waals surface area (Å²) in [5.74, 6) is 0. The summed E-state index contributed by atoms with van der Waals surface area (Å²) < 4.78 is 11.3. The number of allylic oxidation sites excluding steroid dienone is 2. The first-order valence-corrected chi connectivity index (χ1v) is 15.7. The molecule has 0 radical (unpaired) electrons. The van der Waals surface area contributed by atoms with Crippen molar-refractivity contribution in [2.75, 3.05) is 19.4 Å². The van der Waals surface area contributed by atoms with Crippen LogP contribution in [0.3, 0.4) is 0 Å². The smallest absolute Gasteiger partial charge is 0.157 e. The quantitative estimate of drug-likeness (QED) is 0.0814. The third-order valence-electron chi connectivity index (χ3n) is 6.64. The molecular weight excluding hydrogens is 459 g/mol. The van der Waals surface area contributed by atoms with E-state index in [0.29, 0.717) is 0 Å². The van der Waals surface area contributed by atoms with E-state index in [2.05, 4.69) is 103 Å². The van der Waals surface area contributed by atoms with Crippen LogP contribution in [0.25, 0.3) is 0 Å². The third-order valence-corrected chi connectivity index (χ3v) is 11.2. The molecule has 0 aliphatic heterocycles. The topological polar surface area (TPSA) is 18.5 Å². The fourth-order valence-electron chi connectivity index (χ4n) is 4.90. The Morgan fingerprint density at radius 1 is 0.583 bits per heavy atom. The molecule has 0 aliphatic carbocycles. The van der Waals surface area contributed by atoms with E-state index in [0.717, 1.165) is 38.9 Å². The van der Waals surface area contributed by atoms with E-state index < -0.39 is 7.26 Å². The molecule has 192 valence electrons. The van der Waals surface area contributed by atoms with Crippen LogP contribution in [-0.2, 0) is 9.47 Å². The van der Waals surface area contributed by atoms with E-state index in [1.54, 1.807) is 0 Å². The highest BCUT2D eigenvalue weighted by Crippen LogP contribution is 2.55. The van der Waals surface area contributed by atoms with Gasteiger partial charge in [0.2, 0.25) is 0 Å². The predicted octanol–water partition coefficient (Wildman–Crippen LogP) is 7.67.